The van der Waals surface area contributed by atoms with Gasteiger partial charge in [0.05, 0.1) is 17.1 Å². The second-order valence-electron chi connectivity index (χ2n) is 4.95. The Bertz CT molecular complexity index is 858. The van der Waals surface area contributed by atoms with Crippen LogP contribution in [0.1, 0.15) is 27.6 Å². The van der Waals surface area contributed by atoms with Gasteiger partial charge in [-0.1, -0.05) is 23.7 Å². The zero-order valence-corrected chi connectivity index (χ0v) is 12.9. The lowest BCUT2D eigenvalue weighted by atomic mass is 10.2. The van der Waals surface area contributed by atoms with Crippen molar-refractivity contribution in [3.8, 4) is 0 Å². The molecule has 22 heavy (non-hydrogen) atoms. The zero-order chi connectivity index (χ0) is 15.7. The van der Waals surface area contributed by atoms with Gasteiger partial charge < -0.3 is 5.32 Å². The SMILES string of the molecule is Cc1cc(C)n2c(CNC(=O)c3ccccc3Cl)nnc2n1. The fourth-order valence-electron chi connectivity index (χ4n) is 2.31. The molecule has 1 N–H and O–H groups in total. The molecule has 3 aromatic rings. The quantitative estimate of drug-likeness (QED) is 0.805. The molecular formula is C15H14ClN5O. The third-order valence-corrected chi connectivity index (χ3v) is 3.61. The van der Waals surface area contributed by atoms with E-state index in [0.29, 0.717) is 22.2 Å². The Morgan fingerprint density at radius 2 is 2.05 bits per heavy atom. The highest BCUT2D eigenvalue weighted by Crippen LogP contribution is 2.15. The van der Waals surface area contributed by atoms with E-state index in [2.05, 4.69) is 20.5 Å². The molecule has 0 spiro atoms. The van der Waals surface area contributed by atoms with Gasteiger partial charge in [0.25, 0.3) is 11.7 Å². The molecule has 6 nitrogen and oxygen atoms in total. The largest absolute Gasteiger partial charge is 0.345 e. The predicted molar refractivity (Wildman–Crippen MR) is 82.9 cm³/mol. The van der Waals surface area contributed by atoms with Gasteiger partial charge in [-0.3, -0.25) is 9.20 Å². The van der Waals surface area contributed by atoms with Gasteiger partial charge >= 0.3 is 0 Å². The summed E-state index contributed by atoms with van der Waals surface area (Å²) in [5.41, 5.74) is 2.28. The van der Waals surface area contributed by atoms with Crippen molar-refractivity contribution >= 4 is 23.3 Å². The van der Waals surface area contributed by atoms with Crippen LogP contribution in [0, 0.1) is 13.8 Å². The number of carbonyl (C=O) groups is 1. The minimum Gasteiger partial charge on any atom is -0.345 e. The van der Waals surface area contributed by atoms with E-state index in [0.717, 1.165) is 11.4 Å². The van der Waals surface area contributed by atoms with E-state index < -0.39 is 0 Å². The molecule has 0 saturated carbocycles. The first-order valence-electron chi connectivity index (χ1n) is 6.77. The van der Waals surface area contributed by atoms with Crippen LogP contribution in [-0.2, 0) is 6.54 Å². The number of hydrogen-bond acceptors (Lipinski definition) is 4. The maximum Gasteiger partial charge on any atom is 0.255 e. The predicted octanol–water partition coefficient (Wildman–Crippen LogP) is 2.32. The summed E-state index contributed by atoms with van der Waals surface area (Å²) in [6, 6.07) is 8.85. The Morgan fingerprint density at radius 1 is 1.27 bits per heavy atom. The average Bonchev–Trinajstić information content (AvgIpc) is 2.88. The van der Waals surface area contributed by atoms with E-state index in [1.807, 2.05) is 24.3 Å². The van der Waals surface area contributed by atoms with E-state index in [4.69, 9.17) is 11.6 Å². The number of rotatable bonds is 3. The number of benzene rings is 1. The summed E-state index contributed by atoms with van der Waals surface area (Å²) in [4.78, 5) is 16.5. The third kappa shape index (κ3) is 2.65. The van der Waals surface area contributed by atoms with Crippen molar-refractivity contribution < 1.29 is 4.79 Å². The van der Waals surface area contributed by atoms with E-state index >= 15 is 0 Å². The monoisotopic (exact) mass is 315 g/mol. The second kappa shape index (κ2) is 5.73. The standard InChI is InChI=1S/C15H14ClN5O/c1-9-7-10(2)21-13(19-20-15(21)18-9)8-17-14(22)11-5-3-4-6-12(11)16/h3-7H,8H2,1-2H3,(H,17,22). The molecular weight excluding hydrogens is 302 g/mol. The lowest BCUT2D eigenvalue weighted by molar-refractivity contribution is 0.0950. The van der Waals surface area contributed by atoms with Gasteiger partial charge in [0, 0.05) is 11.4 Å². The molecule has 0 atom stereocenters. The van der Waals surface area contributed by atoms with Crippen LogP contribution in [0.25, 0.3) is 5.78 Å². The number of nitrogens with zero attached hydrogens (tertiary/aromatic N) is 4. The number of carbonyl (C=O) groups excluding carboxylic acids is 1. The van der Waals surface area contributed by atoms with E-state index in [1.165, 1.54) is 0 Å². The Hall–Kier alpha value is -2.47. The number of aromatic nitrogens is 4. The number of nitrogens with one attached hydrogen (secondary N) is 1. The maximum atomic E-state index is 12.2. The summed E-state index contributed by atoms with van der Waals surface area (Å²) in [7, 11) is 0. The van der Waals surface area contributed by atoms with Gasteiger partial charge in [0.15, 0.2) is 5.82 Å². The van der Waals surface area contributed by atoms with Gasteiger partial charge in [0.2, 0.25) is 0 Å². The first-order chi connectivity index (χ1) is 10.6. The van der Waals surface area contributed by atoms with Crippen molar-refractivity contribution in [2.24, 2.45) is 0 Å². The fourth-order valence-corrected chi connectivity index (χ4v) is 2.53. The normalized spacial score (nSPS) is 10.9. The molecule has 0 fully saturated rings. The Labute approximate surface area is 132 Å². The number of halogens is 1. The van der Waals surface area contributed by atoms with Crippen LogP contribution in [0.5, 0.6) is 0 Å². The van der Waals surface area contributed by atoms with Crippen LogP contribution in [0.4, 0.5) is 0 Å². The third-order valence-electron chi connectivity index (χ3n) is 3.29. The lowest BCUT2D eigenvalue weighted by Gasteiger charge is -2.07. The highest BCUT2D eigenvalue weighted by Gasteiger charge is 2.13. The van der Waals surface area contributed by atoms with Crippen molar-refractivity contribution in [2.45, 2.75) is 20.4 Å². The average molecular weight is 316 g/mol. The van der Waals surface area contributed by atoms with Crippen molar-refractivity contribution in [3.63, 3.8) is 0 Å². The van der Waals surface area contributed by atoms with Gasteiger partial charge in [-0.2, -0.15) is 0 Å². The first kappa shape index (κ1) is 14.5. The van der Waals surface area contributed by atoms with Gasteiger partial charge in [-0.05, 0) is 32.0 Å². The molecule has 2 heterocycles. The lowest BCUT2D eigenvalue weighted by Crippen LogP contribution is -2.24. The van der Waals surface area contributed by atoms with E-state index in [-0.39, 0.29) is 12.5 Å². The summed E-state index contributed by atoms with van der Waals surface area (Å²) < 4.78 is 1.82. The fraction of sp³-hybridized carbons (Fsp3) is 0.200. The van der Waals surface area contributed by atoms with Crippen LogP contribution in [-0.4, -0.2) is 25.5 Å². The number of fused-ring (bicyclic) bond motifs is 1. The Kier molecular flexibility index (Phi) is 3.77. The molecule has 0 unspecified atom stereocenters. The minimum atomic E-state index is -0.250. The van der Waals surface area contributed by atoms with Crippen molar-refractivity contribution in [2.75, 3.05) is 0 Å². The van der Waals surface area contributed by atoms with Crippen LogP contribution >= 0.6 is 11.6 Å². The first-order valence-corrected chi connectivity index (χ1v) is 7.15. The second-order valence-corrected chi connectivity index (χ2v) is 5.36. The topological polar surface area (TPSA) is 72.2 Å². The van der Waals surface area contributed by atoms with Crippen molar-refractivity contribution in [1.82, 2.24) is 24.9 Å². The van der Waals surface area contributed by atoms with Gasteiger partial charge in [0.1, 0.15) is 0 Å². The van der Waals surface area contributed by atoms with Gasteiger partial charge in [-0.15, -0.1) is 10.2 Å². The molecule has 112 valence electrons. The molecule has 7 heteroatoms. The minimum absolute atomic E-state index is 0.247. The molecule has 1 amide bonds. The summed E-state index contributed by atoms with van der Waals surface area (Å²) in [6.07, 6.45) is 0. The van der Waals surface area contributed by atoms with Crippen LogP contribution in [0.2, 0.25) is 5.02 Å². The highest BCUT2D eigenvalue weighted by atomic mass is 35.5. The molecule has 0 radical (unpaired) electrons. The van der Waals surface area contributed by atoms with E-state index in [1.54, 1.807) is 24.3 Å². The Balaban J connectivity index is 1.83. The molecule has 3 rings (SSSR count). The summed E-state index contributed by atoms with van der Waals surface area (Å²) in [5.74, 6) is 0.903. The Morgan fingerprint density at radius 3 is 2.82 bits per heavy atom. The molecule has 0 saturated heterocycles. The molecule has 0 aliphatic rings. The summed E-state index contributed by atoms with van der Waals surface area (Å²) >= 11 is 6.01. The smallest absolute Gasteiger partial charge is 0.255 e. The number of hydrogen-bond donors (Lipinski definition) is 1. The molecule has 0 aliphatic heterocycles. The number of amides is 1. The van der Waals surface area contributed by atoms with Crippen LogP contribution in [0.15, 0.2) is 30.3 Å². The molecule has 1 aromatic carbocycles. The molecule has 0 aliphatic carbocycles. The molecule has 0 bridgehead atoms. The zero-order valence-electron chi connectivity index (χ0n) is 12.2. The van der Waals surface area contributed by atoms with Crippen LogP contribution < -0.4 is 5.32 Å². The molecule has 2 aromatic heterocycles. The van der Waals surface area contributed by atoms with E-state index in [9.17, 15) is 4.79 Å². The number of aryl methyl sites for hydroxylation is 2. The highest BCUT2D eigenvalue weighted by molar-refractivity contribution is 6.33. The van der Waals surface area contributed by atoms with Gasteiger partial charge in [-0.25, -0.2) is 4.98 Å². The van der Waals surface area contributed by atoms with Crippen molar-refractivity contribution in [3.05, 3.63) is 58.1 Å². The summed E-state index contributed by atoms with van der Waals surface area (Å²) in [6.45, 7) is 4.10. The van der Waals surface area contributed by atoms with Crippen molar-refractivity contribution in [1.29, 1.82) is 0 Å². The summed E-state index contributed by atoms with van der Waals surface area (Å²) in [5, 5.41) is 11.3. The van der Waals surface area contributed by atoms with Crippen LogP contribution in [0.3, 0.4) is 0 Å². The maximum absolute atomic E-state index is 12.2.